The van der Waals surface area contributed by atoms with Crippen LogP contribution in [0.25, 0.3) is 0 Å². The number of ether oxygens (including phenoxy) is 1. The summed E-state index contributed by atoms with van der Waals surface area (Å²) in [6, 6.07) is -0.989. The Labute approximate surface area is 130 Å². The zero-order valence-electron chi connectivity index (χ0n) is 12.6. The third kappa shape index (κ3) is 3.41. The lowest BCUT2D eigenvalue weighted by atomic mass is 9.99. The number of methoxy groups -OCH3 is 1. The van der Waals surface area contributed by atoms with Crippen molar-refractivity contribution in [3.8, 4) is 0 Å². The molecule has 1 N–H and O–H groups in total. The normalized spacial score (nSPS) is 25.8. The van der Waals surface area contributed by atoms with E-state index in [9.17, 15) is 23.1 Å². The Bertz CT molecular complexity index is 527. The molecule has 2 saturated heterocycles. The molecule has 2 fully saturated rings. The molecule has 22 heavy (non-hydrogen) atoms. The van der Waals surface area contributed by atoms with E-state index in [0.717, 1.165) is 4.31 Å². The van der Waals surface area contributed by atoms with Crippen LogP contribution in [0.2, 0.25) is 0 Å². The predicted molar refractivity (Wildman–Crippen MR) is 77.2 cm³/mol. The van der Waals surface area contributed by atoms with Gasteiger partial charge in [-0.1, -0.05) is 0 Å². The van der Waals surface area contributed by atoms with Crippen LogP contribution in [0.5, 0.6) is 0 Å². The lowest BCUT2D eigenvalue weighted by Crippen LogP contribution is -2.55. The van der Waals surface area contributed by atoms with E-state index in [2.05, 4.69) is 4.74 Å². The van der Waals surface area contributed by atoms with Gasteiger partial charge >= 0.3 is 11.9 Å². The van der Waals surface area contributed by atoms with E-state index in [0.29, 0.717) is 32.1 Å². The number of carboxylic acids is 1. The summed E-state index contributed by atoms with van der Waals surface area (Å²) < 4.78 is 32.4. The molecular formula is C13H22N2O6S. The predicted octanol–water partition coefficient (Wildman–Crippen LogP) is 0.0553. The first-order valence-corrected chi connectivity index (χ1v) is 8.85. The van der Waals surface area contributed by atoms with Crippen LogP contribution in [-0.4, -0.2) is 66.9 Å². The van der Waals surface area contributed by atoms with Crippen molar-refractivity contribution >= 4 is 22.1 Å². The highest BCUT2D eigenvalue weighted by Crippen LogP contribution is 2.27. The number of carbonyl (C=O) groups excluding carboxylic acids is 1. The van der Waals surface area contributed by atoms with Gasteiger partial charge in [0.15, 0.2) is 0 Å². The molecule has 2 aliphatic rings. The molecule has 0 amide bonds. The van der Waals surface area contributed by atoms with Crippen molar-refractivity contribution in [1.82, 2.24) is 8.61 Å². The summed E-state index contributed by atoms with van der Waals surface area (Å²) in [5.41, 5.74) is 0. The molecule has 0 aliphatic carbocycles. The van der Waals surface area contributed by atoms with E-state index in [-0.39, 0.29) is 31.5 Å². The molecular weight excluding hydrogens is 312 g/mol. The molecule has 1 atom stereocenters. The van der Waals surface area contributed by atoms with Crippen LogP contribution in [0.1, 0.15) is 32.1 Å². The highest BCUT2D eigenvalue weighted by molar-refractivity contribution is 7.86. The van der Waals surface area contributed by atoms with E-state index in [1.54, 1.807) is 0 Å². The van der Waals surface area contributed by atoms with Gasteiger partial charge in [0.25, 0.3) is 10.2 Å². The van der Waals surface area contributed by atoms with Crippen molar-refractivity contribution in [1.29, 1.82) is 0 Å². The van der Waals surface area contributed by atoms with Crippen LogP contribution < -0.4 is 0 Å². The van der Waals surface area contributed by atoms with E-state index >= 15 is 0 Å². The van der Waals surface area contributed by atoms with Gasteiger partial charge in [0.1, 0.15) is 6.04 Å². The Hall–Kier alpha value is -1.19. The number of nitrogens with zero attached hydrogens (tertiary/aromatic N) is 2. The van der Waals surface area contributed by atoms with Crippen LogP contribution in [0.15, 0.2) is 0 Å². The van der Waals surface area contributed by atoms with Crippen molar-refractivity contribution in [3.63, 3.8) is 0 Å². The molecule has 126 valence electrons. The fourth-order valence-electron chi connectivity index (χ4n) is 3.07. The summed E-state index contributed by atoms with van der Waals surface area (Å²) in [5, 5.41) is 9.23. The molecule has 0 aromatic rings. The first-order chi connectivity index (χ1) is 10.4. The number of hydrogen-bond donors (Lipinski definition) is 1. The number of piperidine rings is 2. The molecule has 0 aromatic carbocycles. The van der Waals surface area contributed by atoms with Crippen LogP contribution in [0.4, 0.5) is 0 Å². The standard InChI is InChI=1S/C13H22N2O6S/c1-21-13(18)10-5-8-14(9-6-10)22(19,20)15-7-3-2-4-11(15)12(16)17/h10-11H,2-9H2,1H3,(H,16,17). The van der Waals surface area contributed by atoms with Crippen molar-refractivity contribution in [2.24, 2.45) is 5.92 Å². The number of hydrogen-bond acceptors (Lipinski definition) is 5. The molecule has 0 aromatic heterocycles. The summed E-state index contributed by atoms with van der Waals surface area (Å²) in [7, 11) is -2.49. The van der Waals surface area contributed by atoms with Gasteiger partial charge in [-0.2, -0.15) is 17.0 Å². The molecule has 0 bridgehead atoms. The summed E-state index contributed by atoms with van der Waals surface area (Å²) in [6.07, 6.45) is 2.52. The molecule has 2 aliphatic heterocycles. The summed E-state index contributed by atoms with van der Waals surface area (Å²) in [5.74, 6) is -1.71. The molecule has 0 spiro atoms. The fourth-order valence-corrected chi connectivity index (χ4v) is 4.91. The first kappa shape index (κ1) is 17.2. The maximum atomic E-state index is 12.7. The van der Waals surface area contributed by atoms with Gasteiger partial charge in [-0.3, -0.25) is 9.59 Å². The van der Waals surface area contributed by atoms with Crippen LogP contribution in [0.3, 0.4) is 0 Å². The minimum absolute atomic E-state index is 0.213. The Kier molecular flexibility index (Phi) is 5.41. The third-order valence-electron chi connectivity index (χ3n) is 4.35. The van der Waals surface area contributed by atoms with Gasteiger partial charge in [-0.25, -0.2) is 0 Å². The Morgan fingerprint density at radius 1 is 1.09 bits per heavy atom. The van der Waals surface area contributed by atoms with E-state index < -0.39 is 22.2 Å². The topological polar surface area (TPSA) is 104 Å². The second-order valence-corrected chi connectivity index (χ2v) is 7.55. The number of aliphatic carboxylic acids is 1. The number of carbonyl (C=O) groups is 2. The second kappa shape index (κ2) is 6.93. The highest BCUT2D eigenvalue weighted by atomic mass is 32.2. The molecule has 9 heteroatoms. The van der Waals surface area contributed by atoms with Gasteiger partial charge in [-0.15, -0.1) is 0 Å². The number of rotatable bonds is 4. The Morgan fingerprint density at radius 3 is 2.27 bits per heavy atom. The van der Waals surface area contributed by atoms with Crippen LogP contribution >= 0.6 is 0 Å². The van der Waals surface area contributed by atoms with E-state index in [4.69, 9.17) is 0 Å². The number of carboxylic acid groups (broad SMARTS) is 1. The molecule has 1 unspecified atom stereocenters. The van der Waals surface area contributed by atoms with Gasteiger partial charge in [0.05, 0.1) is 13.0 Å². The molecule has 2 heterocycles. The van der Waals surface area contributed by atoms with Gasteiger partial charge in [-0.05, 0) is 32.1 Å². The van der Waals surface area contributed by atoms with Crippen LogP contribution in [0, 0.1) is 5.92 Å². The van der Waals surface area contributed by atoms with E-state index in [1.165, 1.54) is 11.4 Å². The highest BCUT2D eigenvalue weighted by Gasteiger charge is 2.41. The largest absolute Gasteiger partial charge is 0.480 e. The molecule has 8 nitrogen and oxygen atoms in total. The van der Waals surface area contributed by atoms with Crippen LogP contribution in [-0.2, 0) is 24.5 Å². The maximum absolute atomic E-state index is 12.7. The summed E-state index contributed by atoms with van der Waals surface area (Å²) in [4.78, 5) is 22.8. The SMILES string of the molecule is COC(=O)C1CCN(S(=O)(=O)N2CCCCC2C(=O)O)CC1. The Balaban J connectivity index is 2.07. The lowest BCUT2D eigenvalue weighted by molar-refractivity contribution is -0.146. The third-order valence-corrected chi connectivity index (χ3v) is 6.40. The van der Waals surface area contributed by atoms with Gasteiger partial charge in [0, 0.05) is 19.6 Å². The lowest BCUT2D eigenvalue weighted by Gasteiger charge is -2.38. The zero-order valence-corrected chi connectivity index (χ0v) is 13.4. The molecule has 0 saturated carbocycles. The van der Waals surface area contributed by atoms with Crippen molar-refractivity contribution in [3.05, 3.63) is 0 Å². The second-order valence-electron chi connectivity index (χ2n) is 5.66. The number of esters is 1. The van der Waals surface area contributed by atoms with Crippen molar-refractivity contribution in [2.75, 3.05) is 26.7 Å². The molecule has 2 rings (SSSR count). The molecule has 0 radical (unpaired) electrons. The minimum Gasteiger partial charge on any atom is -0.480 e. The average Bonchev–Trinajstić information content (AvgIpc) is 2.54. The summed E-state index contributed by atoms with van der Waals surface area (Å²) in [6.45, 7) is 0.659. The maximum Gasteiger partial charge on any atom is 0.322 e. The monoisotopic (exact) mass is 334 g/mol. The van der Waals surface area contributed by atoms with Gasteiger partial charge < -0.3 is 9.84 Å². The van der Waals surface area contributed by atoms with Crippen molar-refractivity contribution in [2.45, 2.75) is 38.1 Å². The minimum atomic E-state index is -3.80. The van der Waals surface area contributed by atoms with Gasteiger partial charge in [0.2, 0.25) is 0 Å². The first-order valence-electron chi connectivity index (χ1n) is 7.45. The van der Waals surface area contributed by atoms with Crippen molar-refractivity contribution < 1.29 is 27.9 Å². The Morgan fingerprint density at radius 2 is 1.73 bits per heavy atom. The van der Waals surface area contributed by atoms with E-state index in [1.807, 2.05) is 0 Å². The zero-order chi connectivity index (χ0) is 16.3. The average molecular weight is 334 g/mol. The fraction of sp³-hybridized carbons (Fsp3) is 0.846. The summed E-state index contributed by atoms with van der Waals surface area (Å²) >= 11 is 0. The quantitative estimate of drug-likeness (QED) is 0.729. The smallest absolute Gasteiger partial charge is 0.322 e.